The highest BCUT2D eigenvalue weighted by Crippen LogP contribution is 2.44. The zero-order valence-corrected chi connectivity index (χ0v) is 12.4. The average Bonchev–Trinajstić information content (AvgIpc) is 2.69. The summed E-state index contributed by atoms with van der Waals surface area (Å²) in [6, 6.07) is 8.53. The van der Waals surface area contributed by atoms with Gasteiger partial charge in [0.2, 0.25) is 0 Å². The zero-order valence-electron chi connectivity index (χ0n) is 10.8. The Hall–Kier alpha value is -1.00. The monoisotopic (exact) mass is 276 g/mol. The molecular weight excluding hydrogens is 260 g/mol. The number of benzene rings is 1. The van der Waals surface area contributed by atoms with Crippen molar-refractivity contribution in [3.8, 4) is 11.3 Å². The van der Waals surface area contributed by atoms with E-state index in [0.29, 0.717) is 0 Å². The number of aromatic nitrogens is 1. The van der Waals surface area contributed by atoms with Crippen molar-refractivity contribution in [2.45, 2.75) is 37.0 Å². The van der Waals surface area contributed by atoms with E-state index in [-0.39, 0.29) is 5.54 Å². The van der Waals surface area contributed by atoms with Gasteiger partial charge in [-0.1, -0.05) is 18.2 Å². The Morgan fingerprint density at radius 1 is 1.22 bits per heavy atom. The second kappa shape index (κ2) is 4.28. The van der Waals surface area contributed by atoms with Crippen LogP contribution in [0.3, 0.4) is 0 Å². The maximum atomic E-state index is 4.77. The van der Waals surface area contributed by atoms with E-state index in [1.807, 2.05) is 11.8 Å². The van der Waals surface area contributed by atoms with Crippen molar-refractivity contribution >= 4 is 28.2 Å². The predicted molar refractivity (Wildman–Crippen MR) is 80.5 cm³/mol. The molecule has 0 fully saturated rings. The molecule has 1 aliphatic rings. The van der Waals surface area contributed by atoms with Crippen molar-refractivity contribution in [3.63, 3.8) is 0 Å². The normalized spacial score (nSPS) is 13.9. The molecule has 2 heterocycles. The highest BCUT2D eigenvalue weighted by Gasteiger charge is 2.22. The Bertz CT molecular complexity index is 582. The maximum absolute atomic E-state index is 4.77. The van der Waals surface area contributed by atoms with Crippen LogP contribution in [0.2, 0.25) is 0 Å². The van der Waals surface area contributed by atoms with Gasteiger partial charge in [-0.15, -0.1) is 23.1 Å². The van der Waals surface area contributed by atoms with Gasteiger partial charge >= 0.3 is 0 Å². The zero-order chi connectivity index (χ0) is 12.8. The van der Waals surface area contributed by atoms with Crippen LogP contribution < -0.4 is 5.32 Å². The van der Waals surface area contributed by atoms with Gasteiger partial charge in [0, 0.05) is 26.6 Å². The number of rotatable bonds is 1. The maximum Gasteiger partial charge on any atom is 0.183 e. The van der Waals surface area contributed by atoms with Gasteiger partial charge in [-0.05, 0) is 26.8 Å². The van der Waals surface area contributed by atoms with E-state index in [4.69, 9.17) is 4.98 Å². The van der Waals surface area contributed by atoms with Crippen LogP contribution in [0.25, 0.3) is 11.3 Å². The molecule has 18 heavy (non-hydrogen) atoms. The van der Waals surface area contributed by atoms with E-state index < -0.39 is 0 Å². The third kappa shape index (κ3) is 2.27. The van der Waals surface area contributed by atoms with Crippen LogP contribution in [0.15, 0.2) is 29.2 Å². The third-order valence-electron chi connectivity index (χ3n) is 2.68. The van der Waals surface area contributed by atoms with Gasteiger partial charge in [0.1, 0.15) is 0 Å². The fourth-order valence-corrected chi connectivity index (χ4v) is 4.28. The number of anilines is 1. The van der Waals surface area contributed by atoms with Crippen LogP contribution in [0.4, 0.5) is 5.13 Å². The topological polar surface area (TPSA) is 24.9 Å². The highest BCUT2D eigenvalue weighted by molar-refractivity contribution is 7.98. The molecule has 1 N–H and O–H groups in total. The molecule has 1 aromatic heterocycles. The van der Waals surface area contributed by atoms with Crippen LogP contribution in [0.5, 0.6) is 0 Å². The molecule has 94 valence electrons. The molecule has 0 bridgehead atoms. The summed E-state index contributed by atoms with van der Waals surface area (Å²) in [5.74, 6) is 1.04. The van der Waals surface area contributed by atoms with Gasteiger partial charge in [0.15, 0.2) is 5.13 Å². The molecule has 0 spiro atoms. The molecule has 1 aromatic carbocycles. The van der Waals surface area contributed by atoms with Crippen LogP contribution in [0.1, 0.15) is 25.6 Å². The molecular formula is C14H16N2S2. The van der Waals surface area contributed by atoms with Crippen molar-refractivity contribution in [3.05, 3.63) is 29.1 Å². The van der Waals surface area contributed by atoms with Gasteiger partial charge in [-0.2, -0.15) is 0 Å². The smallest absolute Gasteiger partial charge is 0.183 e. The number of thioether (sulfide) groups is 1. The standard InChI is InChI=1S/C14H16N2S2/c1-14(2,3)16-13-15-12-9-6-4-5-7-10(9)17-8-11(12)18-13/h4-7H,8H2,1-3H3,(H,15,16). The van der Waals surface area contributed by atoms with E-state index in [1.165, 1.54) is 21.0 Å². The Labute approximate surface area is 116 Å². The molecule has 0 amide bonds. The lowest BCUT2D eigenvalue weighted by Gasteiger charge is -2.19. The molecule has 0 unspecified atom stereocenters. The van der Waals surface area contributed by atoms with Gasteiger partial charge in [0.05, 0.1) is 5.69 Å². The molecule has 2 aromatic rings. The lowest BCUT2D eigenvalue weighted by atomic mass is 10.1. The van der Waals surface area contributed by atoms with E-state index in [0.717, 1.165) is 10.9 Å². The minimum atomic E-state index is 0.0626. The van der Waals surface area contributed by atoms with Crippen LogP contribution in [-0.2, 0) is 5.75 Å². The Kier molecular flexibility index (Phi) is 2.87. The summed E-state index contributed by atoms with van der Waals surface area (Å²) in [7, 11) is 0. The van der Waals surface area contributed by atoms with E-state index in [9.17, 15) is 0 Å². The molecule has 2 nitrogen and oxygen atoms in total. The summed E-state index contributed by atoms with van der Waals surface area (Å²) in [5, 5.41) is 4.50. The van der Waals surface area contributed by atoms with Gasteiger partial charge in [-0.3, -0.25) is 0 Å². The first-order chi connectivity index (χ1) is 8.53. The van der Waals surface area contributed by atoms with Crippen molar-refractivity contribution in [2.24, 2.45) is 0 Å². The number of nitrogens with zero attached hydrogens (tertiary/aromatic N) is 1. The van der Waals surface area contributed by atoms with Crippen molar-refractivity contribution < 1.29 is 0 Å². The number of hydrogen-bond acceptors (Lipinski definition) is 4. The lowest BCUT2D eigenvalue weighted by Crippen LogP contribution is -2.25. The summed E-state index contributed by atoms with van der Waals surface area (Å²) in [6.07, 6.45) is 0. The number of hydrogen-bond donors (Lipinski definition) is 1. The largest absolute Gasteiger partial charge is 0.357 e. The number of thiazole rings is 1. The van der Waals surface area contributed by atoms with Gasteiger partial charge in [-0.25, -0.2) is 4.98 Å². The van der Waals surface area contributed by atoms with E-state index in [2.05, 4.69) is 50.4 Å². The molecule has 1 aliphatic heterocycles. The fourth-order valence-electron chi connectivity index (χ4n) is 1.97. The summed E-state index contributed by atoms with van der Waals surface area (Å²) in [4.78, 5) is 7.50. The predicted octanol–water partition coefficient (Wildman–Crippen LogP) is 4.63. The van der Waals surface area contributed by atoms with Crippen LogP contribution in [0, 0.1) is 0 Å². The second-order valence-corrected chi connectivity index (χ2v) is 7.55. The summed E-state index contributed by atoms with van der Waals surface area (Å²) in [5.41, 5.74) is 2.51. The SMILES string of the molecule is CC(C)(C)Nc1nc2c(s1)CSc1ccccc1-2. The van der Waals surface area contributed by atoms with E-state index in [1.54, 1.807) is 11.3 Å². The second-order valence-electron chi connectivity index (χ2n) is 5.45. The molecule has 3 rings (SSSR count). The lowest BCUT2D eigenvalue weighted by molar-refractivity contribution is 0.633. The first kappa shape index (κ1) is 12.1. The molecule has 0 radical (unpaired) electrons. The quantitative estimate of drug-likeness (QED) is 0.822. The third-order valence-corrected chi connectivity index (χ3v) is 4.93. The van der Waals surface area contributed by atoms with Crippen molar-refractivity contribution in [2.75, 3.05) is 5.32 Å². The molecule has 4 heteroatoms. The van der Waals surface area contributed by atoms with Gasteiger partial charge < -0.3 is 5.32 Å². The molecule has 0 saturated carbocycles. The number of nitrogens with one attached hydrogen (secondary N) is 1. The Balaban J connectivity index is 2.02. The highest BCUT2D eigenvalue weighted by atomic mass is 32.2. The summed E-state index contributed by atoms with van der Waals surface area (Å²) < 4.78 is 0. The Morgan fingerprint density at radius 3 is 2.78 bits per heavy atom. The average molecular weight is 276 g/mol. The number of fused-ring (bicyclic) bond motifs is 3. The van der Waals surface area contributed by atoms with Crippen LogP contribution >= 0.6 is 23.1 Å². The summed E-state index contributed by atoms with van der Waals surface area (Å²) in [6.45, 7) is 6.49. The van der Waals surface area contributed by atoms with Crippen LogP contribution in [-0.4, -0.2) is 10.5 Å². The minimum Gasteiger partial charge on any atom is -0.357 e. The van der Waals surface area contributed by atoms with E-state index >= 15 is 0 Å². The Morgan fingerprint density at radius 2 is 2.00 bits per heavy atom. The molecule has 0 aliphatic carbocycles. The first-order valence-electron chi connectivity index (χ1n) is 6.03. The minimum absolute atomic E-state index is 0.0626. The van der Waals surface area contributed by atoms with Crippen molar-refractivity contribution in [1.29, 1.82) is 0 Å². The van der Waals surface area contributed by atoms with Gasteiger partial charge in [0.25, 0.3) is 0 Å². The fraction of sp³-hybridized carbons (Fsp3) is 0.357. The molecule has 0 saturated heterocycles. The summed E-state index contributed by atoms with van der Waals surface area (Å²) >= 11 is 3.69. The van der Waals surface area contributed by atoms with Crippen molar-refractivity contribution in [1.82, 2.24) is 4.98 Å². The first-order valence-corrected chi connectivity index (χ1v) is 7.83. The molecule has 0 atom stereocenters.